The maximum Gasteiger partial charge on any atom is 0.191 e. The number of aliphatic imine (C=N–C) groups is 1. The number of rotatable bonds is 12. The minimum absolute atomic E-state index is 0. The van der Waals surface area contributed by atoms with Crippen LogP contribution in [0.2, 0.25) is 0 Å². The van der Waals surface area contributed by atoms with Crippen LogP contribution in [0.5, 0.6) is 0 Å². The van der Waals surface area contributed by atoms with Crippen molar-refractivity contribution in [2.45, 2.75) is 53.1 Å². The van der Waals surface area contributed by atoms with Crippen molar-refractivity contribution in [3.05, 3.63) is 59.5 Å². The van der Waals surface area contributed by atoms with E-state index in [1.165, 1.54) is 11.1 Å². The molecule has 0 aliphatic rings. The van der Waals surface area contributed by atoms with E-state index < -0.39 is 0 Å². The highest BCUT2D eigenvalue weighted by Gasteiger charge is 2.00. The maximum atomic E-state index is 5.63. The topological polar surface area (TPSA) is 68.0 Å². The molecule has 0 atom stereocenters. The van der Waals surface area contributed by atoms with E-state index in [1.807, 2.05) is 26.0 Å². The zero-order valence-corrected chi connectivity index (χ0v) is 20.0. The lowest BCUT2D eigenvalue weighted by Gasteiger charge is -2.11. The fourth-order valence-corrected chi connectivity index (χ4v) is 2.46. The Kier molecular flexibility index (Phi) is 13.4. The van der Waals surface area contributed by atoms with Gasteiger partial charge in [-0.25, -0.2) is 4.99 Å². The van der Waals surface area contributed by atoms with Crippen molar-refractivity contribution in [2.24, 2.45) is 4.99 Å². The Morgan fingerprint density at radius 3 is 2.48 bits per heavy atom. The van der Waals surface area contributed by atoms with E-state index in [2.05, 4.69) is 46.8 Å². The molecule has 0 saturated carbocycles. The van der Waals surface area contributed by atoms with E-state index in [0.717, 1.165) is 31.2 Å². The molecule has 0 aliphatic carbocycles. The van der Waals surface area contributed by atoms with Crippen molar-refractivity contribution in [3.8, 4) is 0 Å². The molecule has 1 aromatic carbocycles. The lowest BCUT2D eigenvalue weighted by molar-refractivity contribution is 0.0657. The van der Waals surface area contributed by atoms with Gasteiger partial charge in [0.25, 0.3) is 0 Å². The number of nitrogens with one attached hydrogen (secondary N) is 2. The fourth-order valence-electron chi connectivity index (χ4n) is 2.46. The van der Waals surface area contributed by atoms with E-state index in [1.54, 1.807) is 6.26 Å². The Hall–Kier alpha value is -1.58. The second-order valence-corrected chi connectivity index (χ2v) is 6.78. The Morgan fingerprint density at radius 2 is 1.83 bits per heavy atom. The number of nitrogens with zero attached hydrogens (tertiary/aromatic N) is 1. The van der Waals surface area contributed by atoms with Gasteiger partial charge in [0, 0.05) is 19.7 Å². The first-order valence-corrected chi connectivity index (χ1v) is 9.99. The predicted octanol–water partition coefficient (Wildman–Crippen LogP) is 4.48. The Bertz CT molecular complexity index is 673. The van der Waals surface area contributed by atoms with Gasteiger partial charge in [-0.15, -0.1) is 24.0 Å². The molecule has 29 heavy (non-hydrogen) atoms. The minimum atomic E-state index is 0. The van der Waals surface area contributed by atoms with Gasteiger partial charge in [0.1, 0.15) is 12.4 Å². The summed E-state index contributed by atoms with van der Waals surface area (Å²) in [6.07, 6.45) is 2.80. The molecule has 1 aromatic heterocycles. The van der Waals surface area contributed by atoms with Gasteiger partial charge in [0.05, 0.1) is 25.5 Å². The van der Waals surface area contributed by atoms with Crippen molar-refractivity contribution >= 4 is 29.9 Å². The highest BCUT2D eigenvalue weighted by molar-refractivity contribution is 14.0. The van der Waals surface area contributed by atoms with Gasteiger partial charge in [0.15, 0.2) is 5.96 Å². The Labute approximate surface area is 191 Å². The first-order chi connectivity index (χ1) is 13.7. The van der Waals surface area contributed by atoms with Crippen LogP contribution < -0.4 is 10.6 Å². The van der Waals surface area contributed by atoms with Crippen LogP contribution in [0.4, 0.5) is 0 Å². The third kappa shape index (κ3) is 11.3. The van der Waals surface area contributed by atoms with E-state index >= 15 is 0 Å². The average Bonchev–Trinajstić information content (AvgIpc) is 3.21. The standard InChI is InChI=1S/C22H33N3O3.HI/c1-4-23-22(24-12-6-13-26-17-21-7-5-14-27-21)25-15-19-8-10-20(11-9-19)16-28-18(2)3;/h5,7-11,14,18H,4,6,12-13,15-17H2,1-3H3,(H2,23,24,25);1H. The Balaban J connectivity index is 0.00000420. The summed E-state index contributed by atoms with van der Waals surface area (Å²) in [7, 11) is 0. The SMILES string of the molecule is CCNC(=NCc1ccc(COC(C)C)cc1)NCCCOCc1ccco1.I. The van der Waals surface area contributed by atoms with Crippen molar-refractivity contribution in [3.63, 3.8) is 0 Å². The number of benzene rings is 1. The number of guanidine groups is 1. The lowest BCUT2D eigenvalue weighted by Crippen LogP contribution is -2.38. The maximum absolute atomic E-state index is 5.63. The van der Waals surface area contributed by atoms with Crippen LogP contribution in [0.25, 0.3) is 0 Å². The molecule has 7 heteroatoms. The molecular formula is C22H34IN3O3. The highest BCUT2D eigenvalue weighted by Crippen LogP contribution is 2.08. The van der Waals surface area contributed by atoms with Gasteiger partial charge in [-0.3, -0.25) is 0 Å². The van der Waals surface area contributed by atoms with Crippen LogP contribution in [-0.4, -0.2) is 31.8 Å². The van der Waals surface area contributed by atoms with Crippen LogP contribution in [0.3, 0.4) is 0 Å². The van der Waals surface area contributed by atoms with Crippen molar-refractivity contribution < 1.29 is 13.9 Å². The molecule has 0 bridgehead atoms. The van der Waals surface area contributed by atoms with Crippen LogP contribution in [0, 0.1) is 0 Å². The predicted molar refractivity (Wildman–Crippen MR) is 128 cm³/mol. The average molecular weight is 515 g/mol. The molecule has 0 radical (unpaired) electrons. The second-order valence-electron chi connectivity index (χ2n) is 6.78. The summed E-state index contributed by atoms with van der Waals surface area (Å²) < 4.78 is 16.5. The van der Waals surface area contributed by atoms with Gasteiger partial charge in [-0.2, -0.15) is 0 Å². The van der Waals surface area contributed by atoms with Crippen LogP contribution >= 0.6 is 24.0 Å². The summed E-state index contributed by atoms with van der Waals surface area (Å²) in [6.45, 7) is 10.2. The van der Waals surface area contributed by atoms with Crippen molar-refractivity contribution in [1.29, 1.82) is 0 Å². The molecule has 0 spiro atoms. The van der Waals surface area contributed by atoms with Gasteiger partial charge in [-0.05, 0) is 50.5 Å². The lowest BCUT2D eigenvalue weighted by atomic mass is 10.1. The molecule has 0 fully saturated rings. The zero-order chi connectivity index (χ0) is 20.0. The number of hydrogen-bond acceptors (Lipinski definition) is 4. The summed E-state index contributed by atoms with van der Waals surface area (Å²) in [6, 6.07) is 12.2. The molecule has 162 valence electrons. The molecule has 0 unspecified atom stereocenters. The first kappa shape index (κ1) is 25.5. The summed E-state index contributed by atoms with van der Waals surface area (Å²) in [5.74, 6) is 1.67. The molecule has 1 heterocycles. The van der Waals surface area contributed by atoms with Crippen LogP contribution in [0.1, 0.15) is 44.1 Å². The highest BCUT2D eigenvalue weighted by atomic mass is 127. The molecule has 0 amide bonds. The minimum Gasteiger partial charge on any atom is -0.467 e. The molecule has 0 saturated heterocycles. The first-order valence-electron chi connectivity index (χ1n) is 9.99. The summed E-state index contributed by atoms with van der Waals surface area (Å²) in [5, 5.41) is 6.62. The zero-order valence-electron chi connectivity index (χ0n) is 17.6. The fraction of sp³-hybridized carbons (Fsp3) is 0.500. The van der Waals surface area contributed by atoms with Gasteiger partial charge in [-0.1, -0.05) is 24.3 Å². The second kappa shape index (κ2) is 15.3. The molecule has 2 aromatic rings. The largest absolute Gasteiger partial charge is 0.467 e. The summed E-state index contributed by atoms with van der Waals surface area (Å²) in [5.41, 5.74) is 2.35. The van der Waals surface area contributed by atoms with Gasteiger partial charge in [0.2, 0.25) is 0 Å². The molecule has 2 N–H and O–H groups in total. The van der Waals surface area contributed by atoms with Crippen LogP contribution in [-0.2, 0) is 29.2 Å². The quantitative estimate of drug-likeness (QED) is 0.189. The van der Waals surface area contributed by atoms with Crippen molar-refractivity contribution in [1.82, 2.24) is 10.6 Å². The smallest absolute Gasteiger partial charge is 0.191 e. The summed E-state index contributed by atoms with van der Waals surface area (Å²) in [4.78, 5) is 4.65. The molecular weight excluding hydrogens is 481 g/mol. The van der Waals surface area contributed by atoms with E-state index in [0.29, 0.717) is 26.4 Å². The number of hydrogen-bond donors (Lipinski definition) is 2. The number of furan rings is 1. The van der Waals surface area contributed by atoms with Crippen molar-refractivity contribution in [2.75, 3.05) is 19.7 Å². The molecule has 2 rings (SSSR count). The van der Waals surface area contributed by atoms with E-state index in [-0.39, 0.29) is 30.1 Å². The molecule has 0 aliphatic heterocycles. The monoisotopic (exact) mass is 515 g/mol. The number of ether oxygens (including phenoxy) is 2. The van der Waals surface area contributed by atoms with Crippen LogP contribution in [0.15, 0.2) is 52.1 Å². The number of halogens is 1. The summed E-state index contributed by atoms with van der Waals surface area (Å²) >= 11 is 0. The van der Waals surface area contributed by atoms with E-state index in [4.69, 9.17) is 13.9 Å². The van der Waals surface area contributed by atoms with E-state index in [9.17, 15) is 0 Å². The third-order valence-electron chi connectivity index (χ3n) is 3.95. The van der Waals surface area contributed by atoms with Gasteiger partial charge < -0.3 is 24.5 Å². The Morgan fingerprint density at radius 1 is 1.07 bits per heavy atom. The molecule has 6 nitrogen and oxygen atoms in total. The third-order valence-corrected chi connectivity index (χ3v) is 3.95. The van der Waals surface area contributed by atoms with Gasteiger partial charge >= 0.3 is 0 Å². The normalized spacial score (nSPS) is 11.4.